The Morgan fingerprint density at radius 1 is 1.15 bits per heavy atom. The van der Waals surface area contributed by atoms with Gasteiger partial charge in [-0.3, -0.25) is 4.79 Å². The molecule has 13 heavy (non-hydrogen) atoms. The zero-order valence-corrected chi connectivity index (χ0v) is 9.79. The van der Waals surface area contributed by atoms with Gasteiger partial charge in [0.2, 0.25) is 5.91 Å². The van der Waals surface area contributed by atoms with Gasteiger partial charge in [-0.2, -0.15) is 0 Å². The van der Waals surface area contributed by atoms with E-state index in [1.165, 1.54) is 0 Å². The number of carbonyl (C=O) groups is 1. The van der Waals surface area contributed by atoms with Crippen LogP contribution in [0.15, 0.2) is 0 Å². The summed E-state index contributed by atoms with van der Waals surface area (Å²) in [6.45, 7) is 12.3. The second-order valence-corrected chi connectivity index (χ2v) is 4.25. The minimum absolute atomic E-state index is 0.108. The second kappa shape index (κ2) is 5.25. The molecule has 2 heteroatoms. The first-order valence-corrected chi connectivity index (χ1v) is 5.23. The lowest BCUT2D eigenvalue weighted by molar-refractivity contribution is -0.138. The molecule has 2 nitrogen and oxygen atoms in total. The standard InChI is InChI=1S/C11H23NO/c1-7-10(6)12(9(4)5)11(13)8(2)3/h8-10H,7H2,1-6H3. The van der Waals surface area contributed by atoms with Crippen molar-refractivity contribution in [2.45, 2.75) is 60.0 Å². The van der Waals surface area contributed by atoms with Gasteiger partial charge in [0.05, 0.1) is 0 Å². The van der Waals surface area contributed by atoms with Crippen molar-refractivity contribution in [3.05, 3.63) is 0 Å². The number of carbonyl (C=O) groups excluding carboxylic acids is 1. The molecule has 0 fully saturated rings. The summed E-state index contributed by atoms with van der Waals surface area (Å²) >= 11 is 0. The van der Waals surface area contributed by atoms with E-state index in [1.807, 2.05) is 18.7 Å². The number of hydrogen-bond acceptors (Lipinski definition) is 1. The SMILES string of the molecule is CCC(C)N(C(=O)C(C)C)C(C)C. The van der Waals surface area contributed by atoms with Crippen LogP contribution in [-0.4, -0.2) is 22.9 Å². The lowest BCUT2D eigenvalue weighted by Gasteiger charge is -2.33. The molecule has 0 aliphatic heterocycles. The highest BCUT2D eigenvalue weighted by molar-refractivity contribution is 5.78. The molecule has 0 bridgehead atoms. The van der Waals surface area contributed by atoms with Crippen LogP contribution in [0.5, 0.6) is 0 Å². The lowest BCUT2D eigenvalue weighted by atomic mass is 10.1. The predicted molar refractivity (Wildman–Crippen MR) is 56.6 cm³/mol. The van der Waals surface area contributed by atoms with Gasteiger partial charge >= 0.3 is 0 Å². The van der Waals surface area contributed by atoms with Gasteiger partial charge in [0.15, 0.2) is 0 Å². The molecule has 0 aromatic carbocycles. The van der Waals surface area contributed by atoms with Crippen molar-refractivity contribution in [3.8, 4) is 0 Å². The molecule has 0 rings (SSSR count). The Labute approximate surface area is 82.3 Å². The summed E-state index contributed by atoms with van der Waals surface area (Å²) in [5, 5.41) is 0. The summed E-state index contributed by atoms with van der Waals surface area (Å²) in [6.07, 6.45) is 1.02. The molecule has 78 valence electrons. The number of hydrogen-bond donors (Lipinski definition) is 0. The largest absolute Gasteiger partial charge is 0.337 e. The summed E-state index contributed by atoms with van der Waals surface area (Å²) in [6, 6.07) is 0.666. The molecule has 0 saturated heterocycles. The molecule has 0 aliphatic carbocycles. The van der Waals surface area contributed by atoms with E-state index >= 15 is 0 Å². The Morgan fingerprint density at radius 2 is 1.62 bits per heavy atom. The van der Waals surface area contributed by atoms with E-state index in [2.05, 4.69) is 27.7 Å². The van der Waals surface area contributed by atoms with Gasteiger partial charge in [0.1, 0.15) is 0 Å². The van der Waals surface area contributed by atoms with Crippen molar-refractivity contribution >= 4 is 5.91 Å². The van der Waals surface area contributed by atoms with Crippen LogP contribution in [0, 0.1) is 5.92 Å². The maximum absolute atomic E-state index is 11.8. The average molecular weight is 185 g/mol. The Kier molecular flexibility index (Phi) is 5.04. The van der Waals surface area contributed by atoms with Crippen LogP contribution in [0.2, 0.25) is 0 Å². The fraction of sp³-hybridized carbons (Fsp3) is 0.909. The van der Waals surface area contributed by atoms with Crippen LogP contribution in [-0.2, 0) is 4.79 Å². The fourth-order valence-electron chi connectivity index (χ4n) is 1.48. The summed E-state index contributed by atoms with van der Waals surface area (Å²) in [4.78, 5) is 13.8. The molecule has 0 N–H and O–H groups in total. The van der Waals surface area contributed by atoms with Crippen LogP contribution in [0.4, 0.5) is 0 Å². The van der Waals surface area contributed by atoms with Gasteiger partial charge in [0.25, 0.3) is 0 Å². The molecule has 0 heterocycles. The number of amides is 1. The molecule has 0 radical (unpaired) electrons. The van der Waals surface area contributed by atoms with E-state index in [0.717, 1.165) is 6.42 Å². The monoisotopic (exact) mass is 185 g/mol. The summed E-state index contributed by atoms with van der Waals surface area (Å²) in [7, 11) is 0. The zero-order valence-electron chi connectivity index (χ0n) is 9.79. The van der Waals surface area contributed by atoms with Crippen LogP contribution < -0.4 is 0 Å². The lowest BCUT2D eigenvalue weighted by Crippen LogP contribution is -2.45. The van der Waals surface area contributed by atoms with Crippen LogP contribution >= 0.6 is 0 Å². The van der Waals surface area contributed by atoms with E-state index < -0.39 is 0 Å². The molecule has 0 aromatic heterocycles. The number of nitrogens with zero attached hydrogens (tertiary/aromatic N) is 1. The normalized spacial score (nSPS) is 13.5. The van der Waals surface area contributed by atoms with Crippen molar-refractivity contribution in [1.82, 2.24) is 4.90 Å². The first kappa shape index (κ1) is 12.5. The molecular weight excluding hydrogens is 162 g/mol. The third kappa shape index (κ3) is 3.37. The van der Waals surface area contributed by atoms with Crippen molar-refractivity contribution < 1.29 is 4.79 Å². The summed E-state index contributed by atoms with van der Waals surface area (Å²) < 4.78 is 0. The Balaban J connectivity index is 4.51. The maximum Gasteiger partial charge on any atom is 0.225 e. The van der Waals surface area contributed by atoms with E-state index in [0.29, 0.717) is 12.1 Å². The van der Waals surface area contributed by atoms with Crippen molar-refractivity contribution in [2.75, 3.05) is 0 Å². The fourth-order valence-corrected chi connectivity index (χ4v) is 1.48. The maximum atomic E-state index is 11.8. The van der Waals surface area contributed by atoms with Crippen LogP contribution in [0.3, 0.4) is 0 Å². The molecule has 0 spiro atoms. The second-order valence-electron chi connectivity index (χ2n) is 4.25. The summed E-state index contributed by atoms with van der Waals surface area (Å²) in [5.74, 6) is 0.376. The van der Waals surface area contributed by atoms with Crippen LogP contribution in [0.25, 0.3) is 0 Å². The topological polar surface area (TPSA) is 20.3 Å². The van der Waals surface area contributed by atoms with Crippen molar-refractivity contribution in [3.63, 3.8) is 0 Å². The third-order valence-corrected chi connectivity index (χ3v) is 2.37. The first-order valence-electron chi connectivity index (χ1n) is 5.23. The van der Waals surface area contributed by atoms with E-state index in [4.69, 9.17) is 0 Å². The Morgan fingerprint density at radius 3 is 1.85 bits per heavy atom. The summed E-state index contributed by atoms with van der Waals surface area (Å²) in [5.41, 5.74) is 0. The molecule has 1 unspecified atom stereocenters. The highest BCUT2D eigenvalue weighted by Crippen LogP contribution is 2.12. The third-order valence-electron chi connectivity index (χ3n) is 2.37. The molecular formula is C11H23NO. The number of rotatable bonds is 4. The minimum atomic E-state index is 0.108. The van der Waals surface area contributed by atoms with Gasteiger partial charge in [-0.25, -0.2) is 0 Å². The molecule has 1 atom stereocenters. The first-order chi connectivity index (χ1) is 5.91. The zero-order chi connectivity index (χ0) is 10.6. The molecule has 0 saturated carbocycles. The van der Waals surface area contributed by atoms with Crippen molar-refractivity contribution in [1.29, 1.82) is 0 Å². The van der Waals surface area contributed by atoms with Crippen molar-refractivity contribution in [2.24, 2.45) is 5.92 Å². The van der Waals surface area contributed by atoms with Gasteiger partial charge < -0.3 is 4.90 Å². The predicted octanol–water partition coefficient (Wildman–Crippen LogP) is 2.68. The van der Waals surface area contributed by atoms with Gasteiger partial charge in [0, 0.05) is 18.0 Å². The van der Waals surface area contributed by atoms with Gasteiger partial charge in [-0.1, -0.05) is 20.8 Å². The quantitative estimate of drug-likeness (QED) is 0.659. The van der Waals surface area contributed by atoms with E-state index in [1.54, 1.807) is 0 Å². The van der Waals surface area contributed by atoms with Crippen LogP contribution in [0.1, 0.15) is 48.0 Å². The highest BCUT2D eigenvalue weighted by Gasteiger charge is 2.23. The smallest absolute Gasteiger partial charge is 0.225 e. The van der Waals surface area contributed by atoms with E-state index in [9.17, 15) is 4.79 Å². The Hall–Kier alpha value is -0.530. The van der Waals surface area contributed by atoms with Gasteiger partial charge in [-0.05, 0) is 27.2 Å². The molecule has 0 aromatic rings. The highest BCUT2D eigenvalue weighted by atomic mass is 16.2. The Bertz CT molecular complexity index is 163. The van der Waals surface area contributed by atoms with Gasteiger partial charge in [-0.15, -0.1) is 0 Å². The molecule has 1 amide bonds. The average Bonchev–Trinajstić information content (AvgIpc) is 2.03. The minimum Gasteiger partial charge on any atom is -0.337 e. The van der Waals surface area contributed by atoms with E-state index in [-0.39, 0.29) is 11.8 Å². The molecule has 0 aliphatic rings.